The molecule has 0 aromatic heterocycles. The van der Waals surface area contributed by atoms with E-state index in [4.69, 9.17) is 9.16 Å². The summed E-state index contributed by atoms with van der Waals surface area (Å²) in [7, 11) is -2.77. The second kappa shape index (κ2) is 14.8. The van der Waals surface area contributed by atoms with Crippen molar-refractivity contribution in [2.75, 3.05) is 0 Å². The second-order valence-electron chi connectivity index (χ2n) is 10.9. The molecule has 0 bridgehead atoms. The highest BCUT2D eigenvalue weighted by Crippen LogP contribution is 2.37. The summed E-state index contributed by atoms with van der Waals surface area (Å²) < 4.78 is 12.8. The van der Waals surface area contributed by atoms with Gasteiger partial charge in [0.05, 0.1) is 0 Å². The quantitative estimate of drug-likeness (QED) is 0.192. The number of allylic oxidation sites excluding steroid dienone is 1. The zero-order chi connectivity index (χ0) is 27.3. The van der Waals surface area contributed by atoms with Crippen molar-refractivity contribution in [2.24, 2.45) is 0 Å². The number of cyclic esters (lactones) is 1. The van der Waals surface area contributed by atoms with E-state index in [2.05, 4.69) is 117 Å². The number of hydrogen-bond acceptors (Lipinski definition) is 3. The third-order valence-corrected chi connectivity index (χ3v) is 12.0. The minimum Gasteiger partial charge on any atom is -0.449 e. The molecular formula is C34H42O3Si. The van der Waals surface area contributed by atoms with Crippen molar-refractivity contribution < 1.29 is 14.0 Å². The lowest BCUT2D eigenvalue weighted by Crippen LogP contribution is -2.67. The molecule has 1 aliphatic rings. The standard InChI is InChI=1S/C34H42O3Si/c1-5-29-21-19-20-23-30(22-13-9-7-6-8-10-18-28-33(35)36-29)37-38(34(2,3)4,31-24-14-11-15-25-31)32-26-16-12-17-27-32/h11-17,22,24-27,29-30H,5-10,18,28H2,1-4H3/b22-13-. The SMILES string of the molecule is CCC1C#CC#CC(O[Si](c2ccccc2)(c2ccccc2)C(C)(C)C)/C=C\CCCCCCCC(=O)O1. The van der Waals surface area contributed by atoms with Gasteiger partial charge in [0.1, 0.15) is 6.10 Å². The van der Waals surface area contributed by atoms with Crippen molar-refractivity contribution in [1.29, 1.82) is 0 Å². The number of esters is 1. The van der Waals surface area contributed by atoms with Crippen LogP contribution in [-0.2, 0) is 14.0 Å². The number of rotatable bonds is 5. The topological polar surface area (TPSA) is 35.5 Å². The van der Waals surface area contributed by atoms with E-state index in [1.165, 1.54) is 10.4 Å². The summed E-state index contributed by atoms with van der Waals surface area (Å²) in [5, 5.41) is 2.30. The Balaban J connectivity index is 2.03. The fourth-order valence-electron chi connectivity index (χ4n) is 4.94. The molecule has 2 aromatic carbocycles. The molecule has 3 nitrogen and oxygen atoms in total. The molecule has 0 saturated heterocycles. The highest BCUT2D eigenvalue weighted by molar-refractivity contribution is 6.99. The van der Waals surface area contributed by atoms with E-state index in [1.54, 1.807) is 0 Å². The minimum absolute atomic E-state index is 0.147. The van der Waals surface area contributed by atoms with Gasteiger partial charge in [-0.1, -0.05) is 120 Å². The molecule has 200 valence electrons. The molecule has 2 atom stereocenters. The van der Waals surface area contributed by atoms with E-state index in [9.17, 15) is 4.79 Å². The summed E-state index contributed by atoms with van der Waals surface area (Å²) >= 11 is 0. The predicted octanol–water partition coefficient (Wildman–Crippen LogP) is 6.56. The molecule has 0 N–H and O–H groups in total. The van der Waals surface area contributed by atoms with Crippen molar-refractivity contribution >= 4 is 24.7 Å². The lowest BCUT2D eigenvalue weighted by Gasteiger charge is -2.44. The first-order valence-electron chi connectivity index (χ1n) is 14.0. The van der Waals surface area contributed by atoms with Crippen LogP contribution in [0.4, 0.5) is 0 Å². The lowest BCUT2D eigenvalue weighted by atomic mass is 10.1. The Morgan fingerprint density at radius 3 is 2.05 bits per heavy atom. The molecule has 38 heavy (non-hydrogen) atoms. The molecule has 1 heterocycles. The third-order valence-electron chi connectivity index (χ3n) is 6.94. The van der Waals surface area contributed by atoms with Crippen LogP contribution < -0.4 is 10.4 Å². The molecule has 0 saturated carbocycles. The maximum Gasteiger partial charge on any atom is 0.307 e. The van der Waals surface area contributed by atoms with Gasteiger partial charge in [-0.3, -0.25) is 4.79 Å². The molecule has 1 aliphatic heterocycles. The minimum atomic E-state index is -2.77. The van der Waals surface area contributed by atoms with Gasteiger partial charge in [-0.2, -0.15) is 0 Å². The van der Waals surface area contributed by atoms with E-state index in [1.807, 2.05) is 6.92 Å². The maximum atomic E-state index is 12.2. The second-order valence-corrected chi connectivity index (χ2v) is 15.1. The van der Waals surface area contributed by atoms with Crippen LogP contribution in [0.15, 0.2) is 72.8 Å². The van der Waals surface area contributed by atoms with E-state index in [-0.39, 0.29) is 11.0 Å². The number of carbonyl (C=O) groups excluding carboxylic acids is 1. The number of carbonyl (C=O) groups is 1. The summed E-state index contributed by atoms with van der Waals surface area (Å²) in [5.74, 6) is 12.1. The van der Waals surface area contributed by atoms with Crippen LogP contribution in [0.2, 0.25) is 5.04 Å². The van der Waals surface area contributed by atoms with Crippen LogP contribution in [0, 0.1) is 23.7 Å². The Kier molecular flexibility index (Phi) is 11.5. The van der Waals surface area contributed by atoms with Crippen molar-refractivity contribution in [3.8, 4) is 23.7 Å². The van der Waals surface area contributed by atoms with Gasteiger partial charge >= 0.3 is 5.97 Å². The maximum absolute atomic E-state index is 12.2. The molecule has 0 aliphatic carbocycles. The van der Waals surface area contributed by atoms with Gasteiger partial charge < -0.3 is 9.16 Å². The lowest BCUT2D eigenvalue weighted by molar-refractivity contribution is -0.146. The smallest absolute Gasteiger partial charge is 0.307 e. The Hall–Kier alpha value is -3.05. The molecule has 0 radical (unpaired) electrons. The van der Waals surface area contributed by atoms with Gasteiger partial charge in [-0.05, 0) is 64.9 Å². The number of hydrogen-bond donors (Lipinski definition) is 0. The molecule has 0 fully saturated rings. The summed E-state index contributed by atoms with van der Waals surface area (Å²) in [5.41, 5.74) is 0. The van der Waals surface area contributed by atoms with Gasteiger partial charge in [0.25, 0.3) is 8.32 Å². The Labute approximate surface area is 231 Å². The van der Waals surface area contributed by atoms with Crippen molar-refractivity contribution in [1.82, 2.24) is 0 Å². The molecule has 4 heteroatoms. The fraction of sp³-hybridized carbons (Fsp3) is 0.441. The number of benzene rings is 2. The molecule has 3 rings (SSSR count). The largest absolute Gasteiger partial charge is 0.449 e. The van der Waals surface area contributed by atoms with Crippen molar-refractivity contribution in [3.05, 3.63) is 72.8 Å². The summed E-state index contributed by atoms with van der Waals surface area (Å²) in [6.45, 7) is 8.79. The van der Waals surface area contributed by atoms with Crippen LogP contribution >= 0.6 is 0 Å². The van der Waals surface area contributed by atoms with Crippen LogP contribution in [0.5, 0.6) is 0 Å². The monoisotopic (exact) mass is 526 g/mol. The average molecular weight is 527 g/mol. The predicted molar refractivity (Wildman–Crippen MR) is 160 cm³/mol. The van der Waals surface area contributed by atoms with Crippen LogP contribution in [0.3, 0.4) is 0 Å². The molecular weight excluding hydrogens is 484 g/mol. The fourth-order valence-corrected chi connectivity index (χ4v) is 9.47. The average Bonchev–Trinajstić information content (AvgIpc) is 2.92. The molecule has 2 aromatic rings. The zero-order valence-corrected chi connectivity index (χ0v) is 24.5. The van der Waals surface area contributed by atoms with Gasteiger partial charge in [-0.15, -0.1) is 0 Å². The first-order chi connectivity index (χ1) is 18.4. The van der Waals surface area contributed by atoms with E-state index < -0.39 is 20.5 Å². The zero-order valence-electron chi connectivity index (χ0n) is 23.5. The normalized spacial score (nSPS) is 20.6. The van der Waals surface area contributed by atoms with E-state index >= 15 is 0 Å². The van der Waals surface area contributed by atoms with Crippen molar-refractivity contribution in [2.45, 2.75) is 96.3 Å². The highest BCUT2D eigenvalue weighted by Gasteiger charge is 2.51. The molecule has 0 amide bonds. The Bertz CT molecular complexity index is 1120. The molecule has 2 unspecified atom stereocenters. The Morgan fingerprint density at radius 1 is 0.868 bits per heavy atom. The van der Waals surface area contributed by atoms with Gasteiger partial charge in [0.15, 0.2) is 6.10 Å². The van der Waals surface area contributed by atoms with Crippen LogP contribution in [0.1, 0.15) is 79.1 Å². The Morgan fingerprint density at radius 2 is 1.45 bits per heavy atom. The highest BCUT2D eigenvalue weighted by atomic mass is 28.4. The first kappa shape index (κ1) is 29.5. The third kappa shape index (κ3) is 8.22. The van der Waals surface area contributed by atoms with Crippen LogP contribution in [0.25, 0.3) is 0 Å². The van der Waals surface area contributed by atoms with Gasteiger partial charge in [0.2, 0.25) is 0 Å². The van der Waals surface area contributed by atoms with Crippen LogP contribution in [-0.4, -0.2) is 26.5 Å². The first-order valence-corrected chi connectivity index (χ1v) is 15.9. The molecule has 0 spiro atoms. The summed E-state index contributed by atoms with van der Waals surface area (Å²) in [6, 6.07) is 21.3. The van der Waals surface area contributed by atoms with Crippen molar-refractivity contribution in [3.63, 3.8) is 0 Å². The number of ether oxygens (including phenoxy) is 1. The van der Waals surface area contributed by atoms with E-state index in [0.717, 1.165) is 38.5 Å². The van der Waals surface area contributed by atoms with Gasteiger partial charge in [0, 0.05) is 6.42 Å². The summed E-state index contributed by atoms with van der Waals surface area (Å²) in [6.07, 6.45) is 10.9. The van der Waals surface area contributed by atoms with Gasteiger partial charge in [-0.25, -0.2) is 0 Å². The van der Waals surface area contributed by atoms with E-state index in [0.29, 0.717) is 12.8 Å². The summed E-state index contributed by atoms with van der Waals surface area (Å²) in [4.78, 5) is 12.2.